The number of aliphatic hydroxyl groups is 1. The predicted molar refractivity (Wildman–Crippen MR) is 93.2 cm³/mol. The first-order chi connectivity index (χ1) is 12.6. The number of carbonyl (C=O) groups is 2. The fourth-order valence-electron chi connectivity index (χ4n) is 2.70. The molecule has 130 valence electrons. The number of rotatable bonds is 3. The molecule has 7 nitrogen and oxygen atoms in total. The van der Waals surface area contributed by atoms with Crippen LogP contribution >= 0.6 is 22.7 Å². The van der Waals surface area contributed by atoms with Crippen molar-refractivity contribution in [3.63, 3.8) is 0 Å². The van der Waals surface area contributed by atoms with E-state index in [0.717, 1.165) is 23.5 Å². The second-order valence-corrected chi connectivity index (χ2v) is 7.03. The van der Waals surface area contributed by atoms with Gasteiger partial charge in [0.05, 0.1) is 16.0 Å². The number of anilines is 1. The van der Waals surface area contributed by atoms with Crippen LogP contribution < -0.4 is 4.90 Å². The van der Waals surface area contributed by atoms with Crippen molar-refractivity contribution in [3.8, 4) is 0 Å². The second kappa shape index (κ2) is 6.39. The van der Waals surface area contributed by atoms with Gasteiger partial charge in [-0.2, -0.15) is 0 Å². The zero-order chi connectivity index (χ0) is 18.3. The van der Waals surface area contributed by atoms with E-state index >= 15 is 0 Å². The largest absolute Gasteiger partial charge is 0.507 e. The highest BCUT2D eigenvalue weighted by Gasteiger charge is 2.48. The number of hydrogen-bond acceptors (Lipinski definition) is 8. The first-order valence-corrected chi connectivity index (χ1v) is 9.05. The summed E-state index contributed by atoms with van der Waals surface area (Å²) in [5.74, 6) is -2.52. The number of benzene rings is 1. The van der Waals surface area contributed by atoms with Crippen LogP contribution in [-0.4, -0.2) is 32.0 Å². The Hall–Kier alpha value is -2.98. The Labute approximate surface area is 154 Å². The van der Waals surface area contributed by atoms with Crippen molar-refractivity contribution >= 4 is 45.3 Å². The Morgan fingerprint density at radius 2 is 1.92 bits per heavy atom. The van der Waals surface area contributed by atoms with Crippen LogP contribution in [0.25, 0.3) is 5.76 Å². The molecule has 26 heavy (non-hydrogen) atoms. The summed E-state index contributed by atoms with van der Waals surface area (Å²) in [6, 6.07) is 4.13. The number of amides is 1. The topological polar surface area (TPSA) is 96.3 Å². The van der Waals surface area contributed by atoms with Crippen LogP contribution in [0.5, 0.6) is 0 Å². The van der Waals surface area contributed by atoms with Crippen LogP contribution in [0.2, 0.25) is 0 Å². The lowest BCUT2D eigenvalue weighted by molar-refractivity contribution is -0.132. The molecule has 3 aromatic rings. The van der Waals surface area contributed by atoms with E-state index in [1.54, 1.807) is 5.51 Å². The van der Waals surface area contributed by atoms with Gasteiger partial charge in [0.1, 0.15) is 23.1 Å². The van der Waals surface area contributed by atoms with E-state index in [4.69, 9.17) is 0 Å². The molecule has 1 fully saturated rings. The van der Waals surface area contributed by atoms with Crippen molar-refractivity contribution in [1.82, 2.24) is 15.2 Å². The lowest BCUT2D eigenvalue weighted by Crippen LogP contribution is -2.29. The molecule has 0 aliphatic carbocycles. The molecule has 10 heteroatoms. The van der Waals surface area contributed by atoms with Gasteiger partial charge in [-0.05, 0) is 24.3 Å². The first kappa shape index (κ1) is 16.5. The average molecular weight is 388 g/mol. The maximum atomic E-state index is 13.2. The van der Waals surface area contributed by atoms with Gasteiger partial charge in [0.25, 0.3) is 5.78 Å². The number of carbonyl (C=O) groups excluding carboxylic acids is 2. The van der Waals surface area contributed by atoms with Gasteiger partial charge in [-0.15, -0.1) is 21.5 Å². The SMILES string of the molecule is O=C1C(=O)N(c2nncs2)C(c2cncs2)/C1=C(\O)c1ccc(F)cc1. The van der Waals surface area contributed by atoms with E-state index in [0.29, 0.717) is 4.88 Å². The van der Waals surface area contributed by atoms with Crippen molar-refractivity contribution in [1.29, 1.82) is 0 Å². The van der Waals surface area contributed by atoms with Crippen LogP contribution in [0.15, 0.2) is 47.1 Å². The smallest absolute Gasteiger partial charge is 0.301 e. The zero-order valence-electron chi connectivity index (χ0n) is 12.9. The van der Waals surface area contributed by atoms with E-state index in [-0.39, 0.29) is 22.0 Å². The van der Waals surface area contributed by atoms with Crippen molar-refractivity contribution in [2.75, 3.05) is 4.90 Å². The number of aromatic nitrogens is 3. The number of Topliss-reactive ketones (excluding diaryl/α,β-unsaturated/α-hetero) is 1. The third-order valence-corrected chi connectivity index (χ3v) is 5.35. The molecule has 1 amide bonds. The normalized spacial score (nSPS) is 19.3. The molecule has 1 atom stereocenters. The van der Waals surface area contributed by atoms with Crippen molar-refractivity contribution < 1.29 is 19.1 Å². The number of aliphatic hydroxyl groups excluding tert-OH is 1. The Balaban J connectivity index is 1.92. The van der Waals surface area contributed by atoms with Gasteiger partial charge in [0, 0.05) is 11.8 Å². The molecule has 3 heterocycles. The van der Waals surface area contributed by atoms with Crippen molar-refractivity contribution in [2.24, 2.45) is 0 Å². The summed E-state index contributed by atoms with van der Waals surface area (Å²) in [5.41, 5.74) is 3.14. The van der Waals surface area contributed by atoms with E-state index < -0.39 is 23.5 Å². The molecule has 1 unspecified atom stereocenters. The van der Waals surface area contributed by atoms with Crippen molar-refractivity contribution in [2.45, 2.75) is 6.04 Å². The Bertz CT molecular complexity index is 1000. The molecule has 0 radical (unpaired) electrons. The summed E-state index contributed by atoms with van der Waals surface area (Å²) in [6.07, 6.45) is 1.52. The average Bonchev–Trinajstić information content (AvgIpc) is 3.37. The van der Waals surface area contributed by atoms with Crippen LogP contribution in [0.3, 0.4) is 0 Å². The lowest BCUT2D eigenvalue weighted by atomic mass is 10.0. The summed E-state index contributed by atoms with van der Waals surface area (Å²) in [4.78, 5) is 31.0. The standard InChI is InChI=1S/C16H9FN4O3S2/c17-9-3-1-8(2-4-9)13(22)11-12(10-5-18-6-25-10)21(15(24)14(11)23)16-20-19-7-26-16/h1-7,12,22H/b13-11+. The molecule has 2 aromatic heterocycles. The quantitative estimate of drug-likeness (QED) is 0.421. The highest BCUT2D eigenvalue weighted by molar-refractivity contribution is 7.13. The Morgan fingerprint density at radius 1 is 1.15 bits per heavy atom. The number of halogens is 1. The number of hydrogen-bond donors (Lipinski definition) is 1. The minimum atomic E-state index is -0.875. The number of thiazole rings is 1. The van der Waals surface area contributed by atoms with Crippen LogP contribution in [0, 0.1) is 5.82 Å². The van der Waals surface area contributed by atoms with Gasteiger partial charge < -0.3 is 5.11 Å². The number of nitrogens with zero attached hydrogens (tertiary/aromatic N) is 4. The van der Waals surface area contributed by atoms with Gasteiger partial charge in [-0.1, -0.05) is 11.3 Å². The molecular weight excluding hydrogens is 379 g/mol. The molecule has 1 aliphatic rings. The summed E-state index contributed by atoms with van der Waals surface area (Å²) >= 11 is 2.34. The van der Waals surface area contributed by atoms with Gasteiger partial charge in [0.2, 0.25) is 5.13 Å². The molecule has 0 saturated carbocycles. The van der Waals surface area contributed by atoms with Crippen LogP contribution in [-0.2, 0) is 9.59 Å². The van der Waals surface area contributed by atoms with E-state index in [9.17, 15) is 19.1 Å². The maximum Gasteiger partial charge on any atom is 0.301 e. The summed E-state index contributed by atoms with van der Waals surface area (Å²) < 4.78 is 13.2. The summed E-state index contributed by atoms with van der Waals surface area (Å²) in [7, 11) is 0. The number of ketones is 1. The monoisotopic (exact) mass is 388 g/mol. The molecule has 1 saturated heterocycles. The highest BCUT2D eigenvalue weighted by Crippen LogP contribution is 2.43. The third kappa shape index (κ3) is 2.59. The lowest BCUT2D eigenvalue weighted by Gasteiger charge is -2.20. The minimum absolute atomic E-state index is 0.0962. The minimum Gasteiger partial charge on any atom is -0.507 e. The predicted octanol–water partition coefficient (Wildman–Crippen LogP) is 2.76. The van der Waals surface area contributed by atoms with Crippen LogP contribution in [0.1, 0.15) is 16.5 Å². The molecule has 1 aliphatic heterocycles. The molecule has 0 spiro atoms. The highest BCUT2D eigenvalue weighted by atomic mass is 32.1. The Kier molecular flexibility index (Phi) is 4.05. The fourth-order valence-corrected chi connectivity index (χ4v) is 4.00. The third-order valence-electron chi connectivity index (χ3n) is 3.84. The Morgan fingerprint density at radius 3 is 2.54 bits per heavy atom. The maximum absolute atomic E-state index is 13.2. The molecule has 1 N–H and O–H groups in total. The van der Waals surface area contributed by atoms with E-state index in [1.807, 2.05) is 0 Å². The first-order valence-electron chi connectivity index (χ1n) is 7.29. The summed E-state index contributed by atoms with van der Waals surface area (Å²) in [5, 5.41) is 18.5. The summed E-state index contributed by atoms with van der Waals surface area (Å²) in [6.45, 7) is 0. The fraction of sp³-hybridized carbons (Fsp3) is 0.0625. The van der Waals surface area contributed by atoms with Gasteiger partial charge >= 0.3 is 5.91 Å². The molecule has 0 bridgehead atoms. The van der Waals surface area contributed by atoms with Gasteiger partial charge in [-0.3, -0.25) is 19.5 Å². The van der Waals surface area contributed by atoms with E-state index in [1.165, 1.54) is 40.1 Å². The molecular formula is C16H9FN4O3S2. The van der Waals surface area contributed by atoms with Gasteiger partial charge in [-0.25, -0.2) is 4.39 Å². The zero-order valence-corrected chi connectivity index (χ0v) is 14.5. The van der Waals surface area contributed by atoms with Gasteiger partial charge in [0.15, 0.2) is 0 Å². The molecule has 4 rings (SSSR count). The van der Waals surface area contributed by atoms with E-state index in [2.05, 4.69) is 15.2 Å². The molecule has 1 aromatic carbocycles. The second-order valence-electron chi connectivity index (χ2n) is 5.30. The van der Waals surface area contributed by atoms with Crippen molar-refractivity contribution in [3.05, 3.63) is 63.3 Å². The van der Waals surface area contributed by atoms with Crippen LogP contribution in [0.4, 0.5) is 9.52 Å².